The molecule has 2 aromatic rings. The van der Waals surface area contributed by atoms with Crippen LogP contribution >= 0.6 is 0 Å². The largest absolute Gasteiger partial charge is 0.340 e. The third-order valence-corrected chi connectivity index (χ3v) is 4.69. The van der Waals surface area contributed by atoms with Crippen LogP contribution in [0.3, 0.4) is 0 Å². The van der Waals surface area contributed by atoms with Gasteiger partial charge in [-0.2, -0.15) is 0 Å². The number of nitrogens with zero attached hydrogens (tertiary/aromatic N) is 3. The number of aryl methyl sites for hydroxylation is 1. The highest BCUT2D eigenvalue weighted by molar-refractivity contribution is 5.98. The van der Waals surface area contributed by atoms with Crippen molar-refractivity contribution >= 4 is 16.8 Å². The van der Waals surface area contributed by atoms with Crippen molar-refractivity contribution in [3.05, 3.63) is 36.0 Å². The van der Waals surface area contributed by atoms with E-state index in [1.54, 1.807) is 0 Å². The van der Waals surface area contributed by atoms with E-state index in [-0.39, 0.29) is 11.4 Å². The monoisotopic (exact) mass is 299 g/mol. The highest BCUT2D eigenvalue weighted by Gasteiger charge is 2.29. The summed E-state index contributed by atoms with van der Waals surface area (Å²) in [6, 6.07) is 10.2. The molecule has 0 atom stereocenters. The standard InChI is InChI=1S/C18H25N3O/c1-18(2,3)21-11-9-20(10-12-21)17(22)16-13-14-7-5-6-8-15(14)19(16)4/h5-8,13H,9-12H2,1-4H3. The van der Waals surface area contributed by atoms with Gasteiger partial charge in [0.1, 0.15) is 5.69 Å². The van der Waals surface area contributed by atoms with Crippen LogP contribution in [-0.4, -0.2) is 52.0 Å². The summed E-state index contributed by atoms with van der Waals surface area (Å²) in [4.78, 5) is 17.3. The summed E-state index contributed by atoms with van der Waals surface area (Å²) in [5, 5.41) is 1.13. The van der Waals surface area contributed by atoms with Gasteiger partial charge in [0.15, 0.2) is 0 Å². The smallest absolute Gasteiger partial charge is 0.270 e. The van der Waals surface area contributed by atoms with Crippen molar-refractivity contribution in [2.24, 2.45) is 7.05 Å². The van der Waals surface area contributed by atoms with Crippen molar-refractivity contribution in [1.82, 2.24) is 14.4 Å². The molecule has 0 bridgehead atoms. The normalized spacial score (nSPS) is 17.2. The summed E-state index contributed by atoms with van der Waals surface area (Å²) in [5.74, 6) is 0.146. The van der Waals surface area contributed by atoms with Gasteiger partial charge in [0.05, 0.1) is 0 Å². The second-order valence-electron chi connectivity index (χ2n) is 7.10. The van der Waals surface area contributed by atoms with E-state index in [1.165, 1.54) is 0 Å². The summed E-state index contributed by atoms with van der Waals surface area (Å²) in [5.41, 5.74) is 2.07. The summed E-state index contributed by atoms with van der Waals surface area (Å²) in [6.07, 6.45) is 0. The molecule has 118 valence electrons. The first-order valence-corrected chi connectivity index (χ1v) is 7.97. The maximum atomic E-state index is 12.8. The van der Waals surface area contributed by atoms with Gasteiger partial charge in [0.25, 0.3) is 5.91 Å². The molecule has 1 aromatic carbocycles. The van der Waals surface area contributed by atoms with Crippen LogP contribution in [0.5, 0.6) is 0 Å². The zero-order valence-electron chi connectivity index (χ0n) is 14.0. The molecular formula is C18H25N3O. The van der Waals surface area contributed by atoms with E-state index in [0.29, 0.717) is 0 Å². The predicted octanol–water partition coefficient (Wildman–Crippen LogP) is 2.73. The van der Waals surface area contributed by atoms with Crippen LogP contribution in [0.25, 0.3) is 10.9 Å². The number of hydrogen-bond donors (Lipinski definition) is 0. The Bertz CT molecular complexity index is 688. The molecular weight excluding hydrogens is 274 g/mol. The predicted molar refractivity (Wildman–Crippen MR) is 90.1 cm³/mol. The van der Waals surface area contributed by atoms with Gasteiger partial charge < -0.3 is 9.47 Å². The fourth-order valence-corrected chi connectivity index (χ4v) is 3.24. The quantitative estimate of drug-likeness (QED) is 0.810. The lowest BCUT2D eigenvalue weighted by Gasteiger charge is -2.42. The van der Waals surface area contributed by atoms with E-state index in [1.807, 2.05) is 34.7 Å². The number of aromatic nitrogens is 1. The molecule has 3 rings (SSSR count). The van der Waals surface area contributed by atoms with Gasteiger partial charge in [-0.15, -0.1) is 0 Å². The molecule has 1 aliphatic heterocycles. The van der Waals surface area contributed by atoms with Crippen LogP contribution in [0.4, 0.5) is 0 Å². The van der Waals surface area contributed by atoms with E-state index >= 15 is 0 Å². The zero-order valence-corrected chi connectivity index (χ0v) is 14.0. The first-order chi connectivity index (χ1) is 10.4. The SMILES string of the molecule is Cn1c(C(=O)N2CCN(C(C)(C)C)CC2)cc2ccccc21. The summed E-state index contributed by atoms with van der Waals surface area (Å²) < 4.78 is 2.01. The fraction of sp³-hybridized carbons (Fsp3) is 0.500. The van der Waals surface area contributed by atoms with Crippen LogP contribution in [0.2, 0.25) is 0 Å². The minimum Gasteiger partial charge on any atom is -0.340 e. The molecule has 1 saturated heterocycles. The lowest BCUT2D eigenvalue weighted by molar-refractivity contribution is 0.0444. The van der Waals surface area contributed by atoms with Crippen LogP contribution in [0, 0.1) is 0 Å². The maximum Gasteiger partial charge on any atom is 0.270 e. The number of para-hydroxylation sites is 1. The van der Waals surface area contributed by atoms with Gasteiger partial charge in [-0.3, -0.25) is 9.69 Å². The number of fused-ring (bicyclic) bond motifs is 1. The van der Waals surface area contributed by atoms with Crippen molar-refractivity contribution in [2.75, 3.05) is 26.2 Å². The average molecular weight is 299 g/mol. The molecule has 1 aromatic heterocycles. The number of amides is 1. The van der Waals surface area contributed by atoms with Crippen LogP contribution < -0.4 is 0 Å². The Balaban J connectivity index is 1.78. The topological polar surface area (TPSA) is 28.5 Å². The molecule has 0 spiro atoms. The molecule has 4 heteroatoms. The Hall–Kier alpha value is -1.81. The van der Waals surface area contributed by atoms with E-state index < -0.39 is 0 Å². The second-order valence-corrected chi connectivity index (χ2v) is 7.10. The molecule has 22 heavy (non-hydrogen) atoms. The van der Waals surface area contributed by atoms with Crippen LogP contribution in [0.1, 0.15) is 31.3 Å². The molecule has 0 aliphatic carbocycles. The highest BCUT2D eigenvalue weighted by atomic mass is 16.2. The summed E-state index contributed by atoms with van der Waals surface area (Å²) in [7, 11) is 1.97. The van der Waals surface area contributed by atoms with Crippen molar-refractivity contribution < 1.29 is 4.79 Å². The van der Waals surface area contributed by atoms with Gasteiger partial charge in [0.2, 0.25) is 0 Å². The fourth-order valence-electron chi connectivity index (χ4n) is 3.24. The Labute approximate surface area is 132 Å². The number of hydrogen-bond acceptors (Lipinski definition) is 2. The van der Waals surface area contributed by atoms with Gasteiger partial charge in [0, 0.05) is 49.7 Å². The van der Waals surface area contributed by atoms with E-state index in [0.717, 1.165) is 42.8 Å². The molecule has 4 nitrogen and oxygen atoms in total. The van der Waals surface area contributed by atoms with E-state index in [2.05, 4.69) is 37.8 Å². The van der Waals surface area contributed by atoms with Gasteiger partial charge in [-0.1, -0.05) is 18.2 Å². The minimum absolute atomic E-state index is 0.146. The summed E-state index contributed by atoms with van der Waals surface area (Å²) in [6.45, 7) is 10.2. The third kappa shape index (κ3) is 2.63. The minimum atomic E-state index is 0.146. The molecule has 0 unspecified atom stereocenters. The molecule has 0 radical (unpaired) electrons. The molecule has 0 N–H and O–H groups in total. The van der Waals surface area contributed by atoms with Crippen molar-refractivity contribution in [1.29, 1.82) is 0 Å². The van der Waals surface area contributed by atoms with Crippen LogP contribution in [0.15, 0.2) is 30.3 Å². The molecule has 1 aliphatic rings. The number of rotatable bonds is 1. The van der Waals surface area contributed by atoms with Crippen LogP contribution in [-0.2, 0) is 7.05 Å². The average Bonchev–Trinajstić information content (AvgIpc) is 2.83. The second kappa shape index (κ2) is 5.43. The lowest BCUT2D eigenvalue weighted by Crippen LogP contribution is -2.54. The van der Waals surface area contributed by atoms with Crippen molar-refractivity contribution in [2.45, 2.75) is 26.3 Å². The van der Waals surface area contributed by atoms with Gasteiger partial charge >= 0.3 is 0 Å². The van der Waals surface area contributed by atoms with Gasteiger partial charge in [-0.05, 0) is 32.9 Å². The first-order valence-electron chi connectivity index (χ1n) is 7.97. The first kappa shape index (κ1) is 15.1. The third-order valence-electron chi connectivity index (χ3n) is 4.69. The van der Waals surface area contributed by atoms with E-state index in [9.17, 15) is 4.79 Å². The van der Waals surface area contributed by atoms with Gasteiger partial charge in [-0.25, -0.2) is 0 Å². The number of benzene rings is 1. The molecule has 1 fully saturated rings. The molecule has 1 amide bonds. The molecule has 0 saturated carbocycles. The Morgan fingerprint density at radius 3 is 2.27 bits per heavy atom. The lowest BCUT2D eigenvalue weighted by atomic mass is 10.0. The van der Waals surface area contributed by atoms with E-state index in [4.69, 9.17) is 0 Å². The Morgan fingerprint density at radius 2 is 1.68 bits per heavy atom. The number of carbonyl (C=O) groups is 1. The number of carbonyl (C=O) groups excluding carboxylic acids is 1. The van der Waals surface area contributed by atoms with Crippen molar-refractivity contribution in [3.8, 4) is 0 Å². The highest BCUT2D eigenvalue weighted by Crippen LogP contribution is 2.21. The van der Waals surface area contributed by atoms with Crippen molar-refractivity contribution in [3.63, 3.8) is 0 Å². The maximum absolute atomic E-state index is 12.8. The molecule has 2 heterocycles. The zero-order chi connectivity index (χ0) is 15.9. The number of piperazine rings is 1. The Kier molecular flexibility index (Phi) is 3.73. The summed E-state index contributed by atoms with van der Waals surface area (Å²) >= 11 is 0. The Morgan fingerprint density at radius 1 is 1.05 bits per heavy atom.